The van der Waals surface area contributed by atoms with E-state index in [0.29, 0.717) is 31.2 Å². The number of ether oxygens (including phenoxy) is 3. The Bertz CT molecular complexity index is 832. The summed E-state index contributed by atoms with van der Waals surface area (Å²) in [6, 6.07) is 9.54. The van der Waals surface area contributed by atoms with Crippen LogP contribution in [0.25, 0.3) is 10.4 Å². The first-order chi connectivity index (χ1) is 13.0. The lowest BCUT2D eigenvalue weighted by Crippen LogP contribution is -2.36. The van der Waals surface area contributed by atoms with Crippen LogP contribution in [0.2, 0.25) is 0 Å². The molecule has 1 aliphatic heterocycles. The summed E-state index contributed by atoms with van der Waals surface area (Å²) in [5.74, 6) is 0.705. The minimum absolute atomic E-state index is 0.0814. The molecule has 0 radical (unpaired) electrons. The maximum absolute atomic E-state index is 12.8. The van der Waals surface area contributed by atoms with Gasteiger partial charge in [-0.25, -0.2) is 0 Å². The molecule has 2 heterocycles. The molecule has 1 aromatic carbocycles. The molecule has 7 heteroatoms. The van der Waals surface area contributed by atoms with Gasteiger partial charge in [-0.2, -0.15) is 0 Å². The van der Waals surface area contributed by atoms with Crippen LogP contribution in [0.3, 0.4) is 0 Å². The van der Waals surface area contributed by atoms with Gasteiger partial charge in [-0.1, -0.05) is 6.92 Å². The summed E-state index contributed by atoms with van der Waals surface area (Å²) in [5.41, 5.74) is 0.981. The maximum atomic E-state index is 12.8. The Labute approximate surface area is 162 Å². The van der Waals surface area contributed by atoms with Crippen LogP contribution in [-0.4, -0.2) is 50.2 Å². The summed E-state index contributed by atoms with van der Waals surface area (Å²) in [6.07, 6.45) is 0. The van der Waals surface area contributed by atoms with Crippen LogP contribution in [0.1, 0.15) is 23.5 Å². The number of nitrogens with zero attached hydrogens (tertiary/aromatic N) is 1. The summed E-state index contributed by atoms with van der Waals surface area (Å²) in [6.45, 7) is 5.61. The second kappa shape index (κ2) is 8.43. The van der Waals surface area contributed by atoms with Crippen molar-refractivity contribution in [3.8, 4) is 21.9 Å². The molecule has 0 fully saturated rings. The van der Waals surface area contributed by atoms with E-state index in [1.165, 1.54) is 18.4 Å². The molecule has 0 saturated heterocycles. The van der Waals surface area contributed by atoms with E-state index in [1.54, 1.807) is 11.8 Å². The Morgan fingerprint density at radius 1 is 1.19 bits per heavy atom. The van der Waals surface area contributed by atoms with Crippen molar-refractivity contribution < 1.29 is 23.8 Å². The second-order valence-corrected chi connectivity index (χ2v) is 7.37. The highest BCUT2D eigenvalue weighted by molar-refractivity contribution is 7.17. The number of carbonyl (C=O) groups is 2. The number of hydrogen-bond donors (Lipinski definition) is 0. The quantitative estimate of drug-likeness (QED) is 0.708. The fourth-order valence-corrected chi connectivity index (χ4v) is 3.89. The Kier molecular flexibility index (Phi) is 6.01. The zero-order chi connectivity index (χ0) is 19.4. The second-order valence-electron chi connectivity index (χ2n) is 6.29. The fraction of sp³-hybridized carbons (Fsp3) is 0.400. The minimum atomic E-state index is -0.365. The molecule has 0 saturated carbocycles. The van der Waals surface area contributed by atoms with Gasteiger partial charge in [0.1, 0.15) is 13.2 Å². The van der Waals surface area contributed by atoms with Crippen molar-refractivity contribution in [2.24, 2.45) is 5.92 Å². The number of thiophene rings is 1. The monoisotopic (exact) mass is 389 g/mol. The highest BCUT2D eigenvalue weighted by atomic mass is 32.1. The number of amides is 1. The van der Waals surface area contributed by atoms with Crippen molar-refractivity contribution in [1.82, 2.24) is 4.90 Å². The lowest BCUT2D eigenvalue weighted by atomic mass is 10.1. The normalized spacial score (nSPS) is 13.7. The lowest BCUT2D eigenvalue weighted by molar-refractivity contribution is -0.145. The number of methoxy groups -OCH3 is 1. The molecular formula is C20H23NO5S. The Hall–Kier alpha value is -2.54. The van der Waals surface area contributed by atoms with Crippen molar-refractivity contribution in [2.45, 2.75) is 13.8 Å². The molecule has 0 spiro atoms. The van der Waals surface area contributed by atoms with Crippen LogP contribution in [0.15, 0.2) is 30.3 Å². The van der Waals surface area contributed by atoms with E-state index in [0.717, 1.165) is 21.9 Å². The van der Waals surface area contributed by atoms with E-state index in [9.17, 15) is 9.59 Å². The first-order valence-corrected chi connectivity index (χ1v) is 9.72. The Morgan fingerprint density at radius 2 is 1.93 bits per heavy atom. The van der Waals surface area contributed by atoms with Gasteiger partial charge >= 0.3 is 5.97 Å². The van der Waals surface area contributed by atoms with Gasteiger partial charge in [-0.3, -0.25) is 9.59 Å². The van der Waals surface area contributed by atoms with Crippen LogP contribution >= 0.6 is 11.3 Å². The third kappa shape index (κ3) is 4.24. The van der Waals surface area contributed by atoms with Crippen LogP contribution in [0, 0.1) is 5.92 Å². The molecule has 144 valence electrons. The van der Waals surface area contributed by atoms with Crippen molar-refractivity contribution in [3.05, 3.63) is 35.2 Å². The first kappa shape index (κ1) is 19.2. The molecule has 0 bridgehead atoms. The van der Waals surface area contributed by atoms with Gasteiger partial charge in [-0.15, -0.1) is 11.3 Å². The molecule has 0 N–H and O–H groups in total. The first-order valence-electron chi connectivity index (χ1n) is 8.90. The van der Waals surface area contributed by atoms with Crippen LogP contribution in [-0.2, 0) is 9.53 Å². The molecule has 3 rings (SSSR count). The summed E-state index contributed by atoms with van der Waals surface area (Å²) < 4.78 is 15.9. The van der Waals surface area contributed by atoms with E-state index in [2.05, 4.69) is 0 Å². The highest BCUT2D eigenvalue weighted by Crippen LogP contribution is 2.37. The number of carbonyl (C=O) groups excluding carboxylic acids is 2. The van der Waals surface area contributed by atoms with E-state index >= 15 is 0 Å². The number of rotatable bonds is 6. The summed E-state index contributed by atoms with van der Waals surface area (Å²) in [4.78, 5) is 27.8. The van der Waals surface area contributed by atoms with Crippen molar-refractivity contribution >= 4 is 23.2 Å². The summed E-state index contributed by atoms with van der Waals surface area (Å²) in [7, 11) is 1.36. The van der Waals surface area contributed by atoms with Gasteiger partial charge in [0.25, 0.3) is 5.91 Å². The van der Waals surface area contributed by atoms with Gasteiger partial charge in [0.2, 0.25) is 0 Å². The van der Waals surface area contributed by atoms with E-state index in [4.69, 9.17) is 14.2 Å². The lowest BCUT2D eigenvalue weighted by Gasteiger charge is -2.22. The average molecular weight is 389 g/mol. The molecule has 0 aliphatic carbocycles. The smallest absolute Gasteiger partial charge is 0.310 e. The minimum Gasteiger partial charge on any atom is -0.486 e. The molecule has 1 atom stereocenters. The predicted molar refractivity (Wildman–Crippen MR) is 104 cm³/mol. The maximum Gasteiger partial charge on any atom is 0.310 e. The SMILES string of the molecule is CCN(CC(C)C(=O)OC)C(=O)c1ccc(-c2ccc3c(c2)OCCO3)s1. The van der Waals surface area contributed by atoms with E-state index < -0.39 is 0 Å². The van der Waals surface area contributed by atoms with Gasteiger partial charge < -0.3 is 19.1 Å². The van der Waals surface area contributed by atoms with Crippen LogP contribution < -0.4 is 9.47 Å². The highest BCUT2D eigenvalue weighted by Gasteiger charge is 2.23. The zero-order valence-electron chi connectivity index (χ0n) is 15.7. The third-order valence-corrected chi connectivity index (χ3v) is 5.53. The van der Waals surface area contributed by atoms with E-state index in [-0.39, 0.29) is 17.8 Å². The third-order valence-electron chi connectivity index (χ3n) is 4.41. The van der Waals surface area contributed by atoms with Gasteiger partial charge in [0.05, 0.1) is 17.9 Å². The van der Waals surface area contributed by atoms with Gasteiger partial charge in [-0.05, 0) is 42.8 Å². The van der Waals surface area contributed by atoms with Crippen molar-refractivity contribution in [3.63, 3.8) is 0 Å². The van der Waals surface area contributed by atoms with Crippen LogP contribution in [0.4, 0.5) is 0 Å². The molecule has 1 amide bonds. The Balaban J connectivity index is 1.76. The molecular weight excluding hydrogens is 366 g/mol. The number of hydrogen-bond acceptors (Lipinski definition) is 6. The summed E-state index contributed by atoms with van der Waals surface area (Å²) in [5, 5.41) is 0. The molecule has 1 unspecified atom stereocenters. The molecule has 6 nitrogen and oxygen atoms in total. The Morgan fingerprint density at radius 3 is 2.63 bits per heavy atom. The summed E-state index contributed by atoms with van der Waals surface area (Å²) >= 11 is 1.43. The van der Waals surface area contributed by atoms with E-state index in [1.807, 2.05) is 37.3 Å². The van der Waals surface area contributed by atoms with Crippen molar-refractivity contribution in [2.75, 3.05) is 33.4 Å². The predicted octanol–water partition coefficient (Wildman–Crippen LogP) is 3.46. The largest absolute Gasteiger partial charge is 0.486 e. The average Bonchev–Trinajstić information content (AvgIpc) is 3.20. The van der Waals surface area contributed by atoms with Gasteiger partial charge in [0, 0.05) is 18.0 Å². The number of esters is 1. The van der Waals surface area contributed by atoms with Gasteiger partial charge in [0.15, 0.2) is 11.5 Å². The molecule has 1 aromatic heterocycles. The standard InChI is InChI=1S/C20H23NO5S/c1-4-21(12-13(2)20(23)24-3)19(22)18-8-7-17(27-18)14-5-6-15-16(11-14)26-10-9-25-15/h5-8,11,13H,4,9-10,12H2,1-3H3. The van der Waals surface area contributed by atoms with Crippen molar-refractivity contribution in [1.29, 1.82) is 0 Å². The molecule has 2 aromatic rings. The fourth-order valence-electron chi connectivity index (χ4n) is 2.92. The molecule has 1 aliphatic rings. The number of benzene rings is 1. The molecule has 27 heavy (non-hydrogen) atoms. The van der Waals surface area contributed by atoms with Crippen LogP contribution in [0.5, 0.6) is 11.5 Å². The topological polar surface area (TPSA) is 65.1 Å². The number of fused-ring (bicyclic) bond motifs is 1. The zero-order valence-corrected chi connectivity index (χ0v) is 16.5.